The molecular formula is C12H18BrN. The first kappa shape index (κ1) is 11.7. The molecule has 0 amide bonds. The van der Waals surface area contributed by atoms with Crippen LogP contribution in [0.15, 0.2) is 22.7 Å². The molecule has 0 bridgehead atoms. The van der Waals surface area contributed by atoms with Crippen LogP contribution in [0.5, 0.6) is 0 Å². The average Bonchev–Trinajstić information content (AvgIpc) is 2.08. The molecular weight excluding hydrogens is 238 g/mol. The van der Waals surface area contributed by atoms with Crippen molar-refractivity contribution in [3.05, 3.63) is 33.8 Å². The molecule has 0 aliphatic carbocycles. The van der Waals surface area contributed by atoms with Crippen molar-refractivity contribution < 1.29 is 0 Å². The largest absolute Gasteiger partial charge is 0.312 e. The van der Waals surface area contributed by atoms with Crippen LogP contribution in [-0.4, -0.2) is 6.54 Å². The Labute approximate surface area is 95.0 Å². The van der Waals surface area contributed by atoms with E-state index in [0.29, 0.717) is 5.92 Å². The molecule has 1 aromatic rings. The minimum atomic E-state index is 0.708. The molecule has 0 saturated carbocycles. The second-order valence-corrected chi connectivity index (χ2v) is 4.97. The van der Waals surface area contributed by atoms with Gasteiger partial charge in [0, 0.05) is 11.0 Å². The standard InChI is InChI=1S/C12H18BrN/c1-9(2)7-14-8-11-5-4-10(3)6-12(11)13/h4-6,9,14H,7-8H2,1-3H3. The number of rotatable bonds is 4. The summed E-state index contributed by atoms with van der Waals surface area (Å²) in [6, 6.07) is 6.48. The monoisotopic (exact) mass is 255 g/mol. The SMILES string of the molecule is Cc1ccc(CNCC(C)C)c(Br)c1. The number of hydrogen-bond donors (Lipinski definition) is 1. The van der Waals surface area contributed by atoms with Crippen LogP contribution in [0.4, 0.5) is 0 Å². The highest BCUT2D eigenvalue weighted by Gasteiger charge is 1.99. The highest BCUT2D eigenvalue weighted by molar-refractivity contribution is 9.10. The van der Waals surface area contributed by atoms with Gasteiger partial charge < -0.3 is 5.32 Å². The lowest BCUT2D eigenvalue weighted by molar-refractivity contribution is 0.552. The third kappa shape index (κ3) is 3.81. The molecule has 0 aliphatic heterocycles. The van der Waals surface area contributed by atoms with Crippen LogP contribution in [-0.2, 0) is 6.54 Å². The zero-order chi connectivity index (χ0) is 10.6. The van der Waals surface area contributed by atoms with Gasteiger partial charge in [0.25, 0.3) is 0 Å². The van der Waals surface area contributed by atoms with E-state index in [1.165, 1.54) is 15.6 Å². The van der Waals surface area contributed by atoms with Gasteiger partial charge in [-0.3, -0.25) is 0 Å². The summed E-state index contributed by atoms with van der Waals surface area (Å²) in [6.07, 6.45) is 0. The Balaban J connectivity index is 2.51. The van der Waals surface area contributed by atoms with Gasteiger partial charge in [0.1, 0.15) is 0 Å². The fraction of sp³-hybridized carbons (Fsp3) is 0.500. The van der Waals surface area contributed by atoms with Crippen molar-refractivity contribution >= 4 is 15.9 Å². The maximum absolute atomic E-state index is 3.57. The fourth-order valence-electron chi connectivity index (χ4n) is 1.29. The maximum atomic E-state index is 3.57. The summed E-state index contributed by atoms with van der Waals surface area (Å²) >= 11 is 3.57. The first-order valence-corrected chi connectivity index (χ1v) is 5.84. The normalized spacial score (nSPS) is 10.9. The molecule has 0 spiro atoms. The van der Waals surface area contributed by atoms with E-state index < -0.39 is 0 Å². The van der Waals surface area contributed by atoms with Gasteiger partial charge in [-0.2, -0.15) is 0 Å². The van der Waals surface area contributed by atoms with Crippen LogP contribution < -0.4 is 5.32 Å². The lowest BCUT2D eigenvalue weighted by atomic mass is 10.1. The summed E-state index contributed by atoms with van der Waals surface area (Å²) in [6.45, 7) is 8.56. The molecule has 1 rings (SSSR count). The Hall–Kier alpha value is -0.340. The van der Waals surface area contributed by atoms with Crippen molar-refractivity contribution in [2.75, 3.05) is 6.54 Å². The Morgan fingerprint density at radius 1 is 1.36 bits per heavy atom. The third-order valence-corrected chi connectivity index (χ3v) is 2.81. The molecule has 78 valence electrons. The third-order valence-electron chi connectivity index (χ3n) is 2.08. The molecule has 1 aromatic carbocycles. The highest BCUT2D eigenvalue weighted by atomic mass is 79.9. The van der Waals surface area contributed by atoms with Gasteiger partial charge in [-0.15, -0.1) is 0 Å². The second kappa shape index (κ2) is 5.52. The topological polar surface area (TPSA) is 12.0 Å². The molecule has 0 unspecified atom stereocenters. The van der Waals surface area contributed by atoms with Crippen LogP contribution >= 0.6 is 15.9 Å². The van der Waals surface area contributed by atoms with Crippen LogP contribution in [0, 0.1) is 12.8 Å². The molecule has 14 heavy (non-hydrogen) atoms. The van der Waals surface area contributed by atoms with Crippen molar-refractivity contribution in [1.82, 2.24) is 5.32 Å². The predicted octanol–water partition coefficient (Wildman–Crippen LogP) is 3.50. The van der Waals surface area contributed by atoms with E-state index in [0.717, 1.165) is 13.1 Å². The maximum Gasteiger partial charge on any atom is 0.0222 e. The Morgan fingerprint density at radius 2 is 2.07 bits per heavy atom. The Bertz CT molecular complexity index is 294. The molecule has 0 fully saturated rings. The summed E-state index contributed by atoms with van der Waals surface area (Å²) in [4.78, 5) is 0. The van der Waals surface area contributed by atoms with Crippen LogP contribution in [0.1, 0.15) is 25.0 Å². The van der Waals surface area contributed by atoms with E-state index >= 15 is 0 Å². The van der Waals surface area contributed by atoms with E-state index in [2.05, 4.69) is 60.2 Å². The first-order valence-electron chi connectivity index (χ1n) is 5.05. The van der Waals surface area contributed by atoms with Gasteiger partial charge >= 0.3 is 0 Å². The summed E-state index contributed by atoms with van der Waals surface area (Å²) < 4.78 is 1.20. The molecule has 1 nitrogen and oxygen atoms in total. The number of aryl methyl sites for hydroxylation is 1. The quantitative estimate of drug-likeness (QED) is 0.869. The average molecular weight is 256 g/mol. The van der Waals surface area contributed by atoms with E-state index in [1.807, 2.05) is 0 Å². The summed E-state index contributed by atoms with van der Waals surface area (Å²) in [7, 11) is 0. The van der Waals surface area contributed by atoms with Crippen molar-refractivity contribution in [3.63, 3.8) is 0 Å². The summed E-state index contributed by atoms with van der Waals surface area (Å²) in [5.74, 6) is 0.708. The van der Waals surface area contributed by atoms with E-state index in [1.54, 1.807) is 0 Å². The highest BCUT2D eigenvalue weighted by Crippen LogP contribution is 2.17. The molecule has 0 aromatic heterocycles. The van der Waals surface area contributed by atoms with Gasteiger partial charge in [0.15, 0.2) is 0 Å². The smallest absolute Gasteiger partial charge is 0.0222 e. The molecule has 1 N–H and O–H groups in total. The summed E-state index contributed by atoms with van der Waals surface area (Å²) in [5.41, 5.74) is 2.63. The zero-order valence-electron chi connectivity index (χ0n) is 9.10. The minimum Gasteiger partial charge on any atom is -0.312 e. The van der Waals surface area contributed by atoms with Crippen molar-refractivity contribution in [2.24, 2.45) is 5.92 Å². The minimum absolute atomic E-state index is 0.708. The van der Waals surface area contributed by atoms with Crippen molar-refractivity contribution in [1.29, 1.82) is 0 Å². The van der Waals surface area contributed by atoms with Gasteiger partial charge in [-0.1, -0.05) is 41.9 Å². The summed E-state index contributed by atoms with van der Waals surface area (Å²) in [5, 5.41) is 3.43. The predicted molar refractivity (Wildman–Crippen MR) is 65.4 cm³/mol. The van der Waals surface area contributed by atoms with Gasteiger partial charge in [0.2, 0.25) is 0 Å². The van der Waals surface area contributed by atoms with Gasteiger partial charge in [-0.25, -0.2) is 0 Å². The molecule has 0 radical (unpaired) electrons. The Kier molecular flexibility index (Phi) is 4.63. The molecule has 2 heteroatoms. The van der Waals surface area contributed by atoms with Gasteiger partial charge in [0.05, 0.1) is 0 Å². The Morgan fingerprint density at radius 3 is 2.64 bits per heavy atom. The molecule has 0 aliphatic rings. The lowest BCUT2D eigenvalue weighted by Gasteiger charge is -2.09. The van der Waals surface area contributed by atoms with E-state index in [9.17, 15) is 0 Å². The molecule has 0 saturated heterocycles. The first-order chi connectivity index (χ1) is 6.59. The number of hydrogen-bond acceptors (Lipinski definition) is 1. The lowest BCUT2D eigenvalue weighted by Crippen LogP contribution is -2.19. The number of nitrogens with one attached hydrogen (secondary N) is 1. The molecule has 0 heterocycles. The van der Waals surface area contributed by atoms with E-state index in [4.69, 9.17) is 0 Å². The van der Waals surface area contributed by atoms with Crippen molar-refractivity contribution in [2.45, 2.75) is 27.3 Å². The zero-order valence-corrected chi connectivity index (χ0v) is 10.7. The second-order valence-electron chi connectivity index (χ2n) is 4.12. The fourth-order valence-corrected chi connectivity index (χ4v) is 1.92. The van der Waals surface area contributed by atoms with Crippen LogP contribution in [0.2, 0.25) is 0 Å². The number of halogens is 1. The molecule has 0 atom stereocenters. The number of benzene rings is 1. The van der Waals surface area contributed by atoms with Crippen LogP contribution in [0.25, 0.3) is 0 Å². The van der Waals surface area contributed by atoms with Crippen LogP contribution in [0.3, 0.4) is 0 Å². The van der Waals surface area contributed by atoms with E-state index in [-0.39, 0.29) is 0 Å². The van der Waals surface area contributed by atoms with Crippen molar-refractivity contribution in [3.8, 4) is 0 Å². The van der Waals surface area contributed by atoms with Gasteiger partial charge in [-0.05, 0) is 36.6 Å².